The van der Waals surface area contributed by atoms with Crippen molar-refractivity contribution in [3.8, 4) is 5.75 Å². The van der Waals surface area contributed by atoms with Crippen LogP contribution in [0.25, 0.3) is 5.76 Å². The molecule has 0 aromatic heterocycles. The average molecular weight is 480 g/mol. The van der Waals surface area contributed by atoms with E-state index in [9.17, 15) is 19.1 Å². The highest BCUT2D eigenvalue weighted by Gasteiger charge is 2.47. The SMILES string of the molecule is CC(C)COc1ccc(/C(O)=C2/C(=O)C(=O)N(c3ccc(Cl)cc3)C2c2ccccc2F)cc1. The van der Waals surface area contributed by atoms with E-state index >= 15 is 0 Å². The second-order valence-electron chi connectivity index (χ2n) is 8.40. The Morgan fingerprint density at radius 3 is 2.29 bits per heavy atom. The van der Waals surface area contributed by atoms with Gasteiger partial charge in [-0.25, -0.2) is 4.39 Å². The molecule has 1 saturated heterocycles. The Labute approximate surface area is 202 Å². The van der Waals surface area contributed by atoms with Gasteiger partial charge in [0.15, 0.2) is 0 Å². The van der Waals surface area contributed by atoms with Gasteiger partial charge in [0.05, 0.1) is 18.2 Å². The molecule has 4 rings (SSSR count). The monoisotopic (exact) mass is 479 g/mol. The lowest BCUT2D eigenvalue weighted by Crippen LogP contribution is -2.29. The molecule has 1 heterocycles. The molecule has 1 aliphatic rings. The summed E-state index contributed by atoms with van der Waals surface area (Å²) in [5, 5.41) is 11.6. The first-order chi connectivity index (χ1) is 16.3. The summed E-state index contributed by atoms with van der Waals surface area (Å²) in [4.78, 5) is 27.4. The number of anilines is 1. The van der Waals surface area contributed by atoms with E-state index in [4.69, 9.17) is 16.3 Å². The summed E-state index contributed by atoms with van der Waals surface area (Å²) in [5.41, 5.74) is 0.569. The minimum atomic E-state index is -1.15. The fourth-order valence-electron chi connectivity index (χ4n) is 3.82. The van der Waals surface area contributed by atoms with Gasteiger partial charge in [0.1, 0.15) is 17.3 Å². The molecule has 0 bridgehead atoms. The number of aliphatic hydroxyl groups is 1. The van der Waals surface area contributed by atoms with Crippen LogP contribution in [0.2, 0.25) is 5.02 Å². The zero-order valence-electron chi connectivity index (χ0n) is 18.7. The van der Waals surface area contributed by atoms with Crippen LogP contribution in [0.5, 0.6) is 5.75 Å². The zero-order chi connectivity index (χ0) is 24.4. The number of benzene rings is 3. The number of carbonyl (C=O) groups is 2. The van der Waals surface area contributed by atoms with E-state index in [0.29, 0.717) is 34.5 Å². The van der Waals surface area contributed by atoms with Crippen molar-refractivity contribution in [1.29, 1.82) is 0 Å². The number of amides is 1. The first-order valence-corrected chi connectivity index (χ1v) is 11.2. The lowest BCUT2D eigenvalue weighted by Gasteiger charge is -2.25. The molecule has 1 N–H and O–H groups in total. The predicted molar refractivity (Wildman–Crippen MR) is 129 cm³/mol. The number of halogens is 2. The Kier molecular flexibility index (Phi) is 6.70. The number of hydrogen-bond donors (Lipinski definition) is 1. The summed E-state index contributed by atoms with van der Waals surface area (Å²) in [5.74, 6) is -1.81. The van der Waals surface area contributed by atoms with Crippen molar-refractivity contribution < 1.29 is 23.8 Å². The first kappa shape index (κ1) is 23.5. The second-order valence-corrected chi connectivity index (χ2v) is 8.83. The molecule has 1 amide bonds. The molecule has 34 heavy (non-hydrogen) atoms. The third-order valence-corrected chi connectivity index (χ3v) is 5.71. The minimum Gasteiger partial charge on any atom is -0.507 e. The van der Waals surface area contributed by atoms with E-state index < -0.39 is 29.3 Å². The van der Waals surface area contributed by atoms with Gasteiger partial charge in [-0.3, -0.25) is 14.5 Å². The number of carbonyl (C=O) groups excluding carboxylic acids is 2. The van der Waals surface area contributed by atoms with Crippen molar-refractivity contribution in [3.05, 3.63) is 100 Å². The van der Waals surface area contributed by atoms with Gasteiger partial charge in [-0.15, -0.1) is 0 Å². The Morgan fingerprint density at radius 2 is 1.68 bits per heavy atom. The third-order valence-electron chi connectivity index (χ3n) is 5.46. The van der Waals surface area contributed by atoms with Crippen molar-refractivity contribution in [2.24, 2.45) is 5.92 Å². The summed E-state index contributed by atoms with van der Waals surface area (Å²) in [6, 6.07) is 17.5. The molecule has 0 aliphatic carbocycles. The zero-order valence-corrected chi connectivity index (χ0v) is 19.4. The number of hydrogen-bond acceptors (Lipinski definition) is 4. The molecule has 1 aliphatic heterocycles. The normalized spacial score (nSPS) is 17.4. The molecular formula is C27H23ClFNO4. The second kappa shape index (κ2) is 9.69. The largest absolute Gasteiger partial charge is 0.507 e. The molecule has 1 atom stereocenters. The minimum absolute atomic E-state index is 0.0927. The van der Waals surface area contributed by atoms with Crippen molar-refractivity contribution in [3.63, 3.8) is 0 Å². The first-order valence-electron chi connectivity index (χ1n) is 10.8. The summed E-state index contributed by atoms with van der Waals surface area (Å²) in [7, 11) is 0. The molecule has 3 aromatic carbocycles. The predicted octanol–water partition coefficient (Wildman–Crippen LogP) is 6.14. The third kappa shape index (κ3) is 4.54. The number of rotatable bonds is 6. The summed E-state index contributed by atoms with van der Waals surface area (Å²) in [6.45, 7) is 4.59. The maximum Gasteiger partial charge on any atom is 0.300 e. The van der Waals surface area contributed by atoms with Gasteiger partial charge in [-0.05, 0) is 60.5 Å². The fourth-order valence-corrected chi connectivity index (χ4v) is 3.95. The van der Waals surface area contributed by atoms with Gasteiger partial charge in [-0.1, -0.05) is 43.6 Å². The van der Waals surface area contributed by atoms with E-state index in [1.807, 2.05) is 13.8 Å². The van der Waals surface area contributed by atoms with E-state index in [1.165, 1.54) is 23.1 Å². The number of ether oxygens (including phenoxy) is 1. The van der Waals surface area contributed by atoms with Crippen LogP contribution in [0.15, 0.2) is 78.4 Å². The standard InChI is InChI=1S/C27H23ClFNO4/c1-16(2)15-34-20-13-7-17(8-14-20)25(31)23-24(21-5-3-4-6-22(21)29)30(27(33)26(23)32)19-11-9-18(28)10-12-19/h3-14,16,24,31H,15H2,1-2H3/b25-23-. The molecule has 7 heteroatoms. The van der Waals surface area contributed by atoms with Gasteiger partial charge in [-0.2, -0.15) is 0 Å². The van der Waals surface area contributed by atoms with Gasteiger partial charge >= 0.3 is 0 Å². The maximum absolute atomic E-state index is 14.9. The van der Waals surface area contributed by atoms with Gasteiger partial charge < -0.3 is 9.84 Å². The van der Waals surface area contributed by atoms with Crippen LogP contribution in [0.4, 0.5) is 10.1 Å². The van der Waals surface area contributed by atoms with E-state index in [1.54, 1.807) is 54.6 Å². The fraction of sp³-hybridized carbons (Fsp3) is 0.185. The van der Waals surface area contributed by atoms with Gasteiger partial charge in [0.25, 0.3) is 11.7 Å². The number of aliphatic hydroxyl groups excluding tert-OH is 1. The molecule has 174 valence electrons. The van der Waals surface area contributed by atoms with Crippen LogP contribution in [-0.2, 0) is 9.59 Å². The smallest absolute Gasteiger partial charge is 0.300 e. The highest BCUT2D eigenvalue weighted by molar-refractivity contribution is 6.51. The molecule has 0 spiro atoms. The number of nitrogens with zero attached hydrogens (tertiary/aromatic N) is 1. The number of ketones is 1. The number of Topliss-reactive ketones (excluding diaryl/α,β-unsaturated/α-hetero) is 1. The Hall–Kier alpha value is -3.64. The Balaban J connectivity index is 1.83. The van der Waals surface area contributed by atoms with Gasteiger partial charge in [0, 0.05) is 21.8 Å². The molecule has 1 fully saturated rings. The van der Waals surface area contributed by atoms with Crippen molar-refractivity contribution in [2.45, 2.75) is 19.9 Å². The molecule has 0 saturated carbocycles. The molecule has 5 nitrogen and oxygen atoms in total. The van der Waals surface area contributed by atoms with Crippen LogP contribution in [0.3, 0.4) is 0 Å². The van der Waals surface area contributed by atoms with Crippen LogP contribution >= 0.6 is 11.6 Å². The van der Waals surface area contributed by atoms with Crippen LogP contribution < -0.4 is 9.64 Å². The molecule has 0 radical (unpaired) electrons. The lowest BCUT2D eigenvalue weighted by atomic mass is 9.94. The van der Waals surface area contributed by atoms with Crippen molar-refractivity contribution >= 4 is 34.7 Å². The van der Waals surface area contributed by atoms with Crippen LogP contribution in [0.1, 0.15) is 31.0 Å². The average Bonchev–Trinajstić information content (AvgIpc) is 3.09. The Bertz CT molecular complexity index is 1250. The summed E-state index contributed by atoms with van der Waals surface area (Å²) in [6.07, 6.45) is 0. The van der Waals surface area contributed by atoms with E-state index in [-0.39, 0.29) is 11.1 Å². The molecular weight excluding hydrogens is 457 g/mol. The van der Waals surface area contributed by atoms with E-state index in [2.05, 4.69) is 0 Å². The summed E-state index contributed by atoms with van der Waals surface area (Å²) < 4.78 is 20.6. The molecule has 1 unspecified atom stereocenters. The van der Waals surface area contributed by atoms with E-state index in [0.717, 1.165) is 0 Å². The topological polar surface area (TPSA) is 66.8 Å². The quantitative estimate of drug-likeness (QED) is 0.262. The Morgan fingerprint density at radius 1 is 1.03 bits per heavy atom. The summed E-state index contributed by atoms with van der Waals surface area (Å²) >= 11 is 5.98. The highest BCUT2D eigenvalue weighted by Crippen LogP contribution is 2.43. The highest BCUT2D eigenvalue weighted by atomic mass is 35.5. The van der Waals surface area contributed by atoms with Crippen molar-refractivity contribution in [2.75, 3.05) is 11.5 Å². The van der Waals surface area contributed by atoms with Crippen LogP contribution in [0, 0.1) is 11.7 Å². The van der Waals surface area contributed by atoms with Gasteiger partial charge in [0.2, 0.25) is 0 Å². The van der Waals surface area contributed by atoms with Crippen molar-refractivity contribution in [1.82, 2.24) is 0 Å². The van der Waals surface area contributed by atoms with Crippen LogP contribution in [-0.4, -0.2) is 23.4 Å². The lowest BCUT2D eigenvalue weighted by molar-refractivity contribution is -0.132. The molecule has 3 aromatic rings. The maximum atomic E-state index is 14.9.